The summed E-state index contributed by atoms with van der Waals surface area (Å²) in [6.45, 7) is 3.46. The second kappa shape index (κ2) is 6.77. The third kappa shape index (κ3) is 5.33. The van der Waals surface area contributed by atoms with Crippen molar-refractivity contribution in [3.05, 3.63) is 35.9 Å². The van der Waals surface area contributed by atoms with Crippen molar-refractivity contribution in [3.63, 3.8) is 0 Å². The molecule has 2 rings (SSSR count). The molecule has 2 nitrogen and oxygen atoms in total. The SMILES string of the molecule is CN(CCCCNC1CC1)Cc1ccccc1. The van der Waals surface area contributed by atoms with Gasteiger partial charge in [0, 0.05) is 12.6 Å². The topological polar surface area (TPSA) is 15.3 Å². The van der Waals surface area contributed by atoms with Crippen LogP contribution in [0.1, 0.15) is 31.2 Å². The van der Waals surface area contributed by atoms with Crippen LogP contribution in [-0.4, -0.2) is 31.1 Å². The van der Waals surface area contributed by atoms with Crippen LogP contribution < -0.4 is 5.32 Å². The van der Waals surface area contributed by atoms with E-state index in [1.807, 2.05) is 0 Å². The number of nitrogens with one attached hydrogen (secondary N) is 1. The molecule has 1 aromatic carbocycles. The summed E-state index contributed by atoms with van der Waals surface area (Å²) in [6.07, 6.45) is 5.39. The molecule has 0 amide bonds. The molecule has 0 heterocycles. The van der Waals surface area contributed by atoms with Gasteiger partial charge in [0.15, 0.2) is 0 Å². The molecule has 0 bridgehead atoms. The van der Waals surface area contributed by atoms with Gasteiger partial charge in [-0.1, -0.05) is 30.3 Å². The molecule has 1 fully saturated rings. The van der Waals surface area contributed by atoms with Crippen LogP contribution in [0.15, 0.2) is 30.3 Å². The van der Waals surface area contributed by atoms with Crippen LogP contribution in [0.5, 0.6) is 0 Å². The van der Waals surface area contributed by atoms with Crippen LogP contribution in [-0.2, 0) is 6.54 Å². The van der Waals surface area contributed by atoms with Crippen molar-refractivity contribution in [1.82, 2.24) is 10.2 Å². The molecule has 1 N–H and O–H groups in total. The lowest BCUT2D eigenvalue weighted by atomic mass is 10.2. The summed E-state index contributed by atoms with van der Waals surface area (Å²) in [5, 5.41) is 3.56. The van der Waals surface area contributed by atoms with Crippen molar-refractivity contribution in [2.45, 2.75) is 38.3 Å². The molecule has 1 aliphatic carbocycles. The Morgan fingerprint density at radius 2 is 1.94 bits per heavy atom. The smallest absolute Gasteiger partial charge is 0.0230 e. The van der Waals surface area contributed by atoms with E-state index in [0.717, 1.165) is 12.6 Å². The third-order valence-corrected chi connectivity index (χ3v) is 3.27. The summed E-state index contributed by atoms with van der Waals surface area (Å²) < 4.78 is 0. The van der Waals surface area contributed by atoms with Gasteiger partial charge in [-0.05, 0) is 51.4 Å². The molecule has 0 atom stereocenters. The zero-order chi connectivity index (χ0) is 11.9. The fraction of sp³-hybridized carbons (Fsp3) is 0.600. The average molecular weight is 232 g/mol. The first kappa shape index (κ1) is 12.6. The van der Waals surface area contributed by atoms with Gasteiger partial charge in [0.05, 0.1) is 0 Å². The fourth-order valence-corrected chi connectivity index (χ4v) is 2.07. The van der Waals surface area contributed by atoms with Crippen molar-refractivity contribution < 1.29 is 0 Å². The lowest BCUT2D eigenvalue weighted by Gasteiger charge is -2.16. The highest BCUT2D eigenvalue weighted by atomic mass is 15.1. The van der Waals surface area contributed by atoms with Gasteiger partial charge in [-0.15, -0.1) is 0 Å². The highest BCUT2D eigenvalue weighted by Gasteiger charge is 2.19. The van der Waals surface area contributed by atoms with Crippen LogP contribution in [0.3, 0.4) is 0 Å². The summed E-state index contributed by atoms with van der Waals surface area (Å²) in [5.41, 5.74) is 1.41. The first-order chi connectivity index (χ1) is 8.34. The van der Waals surface area contributed by atoms with E-state index in [0.29, 0.717) is 0 Å². The fourth-order valence-electron chi connectivity index (χ4n) is 2.07. The molecule has 0 aromatic heterocycles. The monoisotopic (exact) mass is 232 g/mol. The number of rotatable bonds is 8. The Bertz CT molecular complexity index is 306. The molecule has 17 heavy (non-hydrogen) atoms. The van der Waals surface area contributed by atoms with E-state index in [4.69, 9.17) is 0 Å². The molecule has 2 heteroatoms. The number of benzene rings is 1. The predicted octanol–water partition coefficient (Wildman–Crippen LogP) is 2.65. The first-order valence-electron chi connectivity index (χ1n) is 6.80. The van der Waals surface area contributed by atoms with Gasteiger partial charge in [0.2, 0.25) is 0 Å². The van der Waals surface area contributed by atoms with E-state index in [2.05, 4.69) is 47.6 Å². The summed E-state index contributed by atoms with van der Waals surface area (Å²) in [4.78, 5) is 2.41. The van der Waals surface area contributed by atoms with Crippen molar-refractivity contribution in [3.8, 4) is 0 Å². The zero-order valence-electron chi connectivity index (χ0n) is 10.9. The lowest BCUT2D eigenvalue weighted by Crippen LogP contribution is -2.22. The number of unbranched alkanes of at least 4 members (excludes halogenated alkanes) is 1. The largest absolute Gasteiger partial charge is 0.314 e. The van der Waals surface area contributed by atoms with Crippen LogP contribution >= 0.6 is 0 Å². The lowest BCUT2D eigenvalue weighted by molar-refractivity contribution is 0.317. The third-order valence-electron chi connectivity index (χ3n) is 3.27. The van der Waals surface area contributed by atoms with Gasteiger partial charge in [-0.3, -0.25) is 0 Å². The number of hydrogen-bond donors (Lipinski definition) is 1. The number of hydrogen-bond acceptors (Lipinski definition) is 2. The van der Waals surface area contributed by atoms with Crippen LogP contribution in [0.4, 0.5) is 0 Å². The van der Waals surface area contributed by atoms with Crippen LogP contribution in [0, 0.1) is 0 Å². The van der Waals surface area contributed by atoms with Gasteiger partial charge >= 0.3 is 0 Å². The molecule has 0 unspecified atom stereocenters. The summed E-state index contributed by atoms with van der Waals surface area (Å²) in [5.74, 6) is 0. The van der Waals surface area contributed by atoms with Crippen LogP contribution in [0.25, 0.3) is 0 Å². The Morgan fingerprint density at radius 3 is 2.65 bits per heavy atom. The Kier molecular flexibility index (Phi) is 5.02. The molecule has 0 radical (unpaired) electrons. The van der Waals surface area contributed by atoms with Gasteiger partial charge in [-0.2, -0.15) is 0 Å². The maximum absolute atomic E-state index is 3.56. The number of nitrogens with zero attached hydrogens (tertiary/aromatic N) is 1. The maximum Gasteiger partial charge on any atom is 0.0230 e. The average Bonchev–Trinajstić information content (AvgIpc) is 3.14. The van der Waals surface area contributed by atoms with Gasteiger partial charge in [0.25, 0.3) is 0 Å². The molecule has 0 spiro atoms. The highest BCUT2D eigenvalue weighted by Crippen LogP contribution is 2.18. The second-order valence-corrected chi connectivity index (χ2v) is 5.16. The Labute approximate surface area is 105 Å². The zero-order valence-corrected chi connectivity index (χ0v) is 10.9. The highest BCUT2D eigenvalue weighted by molar-refractivity contribution is 5.14. The van der Waals surface area contributed by atoms with Gasteiger partial charge in [-0.25, -0.2) is 0 Å². The van der Waals surface area contributed by atoms with Crippen molar-refractivity contribution in [2.75, 3.05) is 20.1 Å². The summed E-state index contributed by atoms with van der Waals surface area (Å²) in [7, 11) is 2.21. The Balaban J connectivity index is 1.52. The quantitative estimate of drug-likeness (QED) is 0.693. The Morgan fingerprint density at radius 1 is 1.18 bits per heavy atom. The summed E-state index contributed by atoms with van der Waals surface area (Å²) in [6, 6.07) is 11.6. The van der Waals surface area contributed by atoms with E-state index in [1.54, 1.807) is 0 Å². The molecule has 0 aliphatic heterocycles. The predicted molar refractivity (Wildman–Crippen MR) is 73.0 cm³/mol. The minimum absolute atomic E-state index is 0.858. The second-order valence-electron chi connectivity index (χ2n) is 5.16. The van der Waals surface area contributed by atoms with E-state index in [1.165, 1.54) is 44.3 Å². The Hall–Kier alpha value is -0.860. The molecular formula is C15H24N2. The molecule has 1 aliphatic rings. The summed E-state index contributed by atoms with van der Waals surface area (Å²) >= 11 is 0. The van der Waals surface area contributed by atoms with E-state index < -0.39 is 0 Å². The maximum atomic E-state index is 3.56. The van der Waals surface area contributed by atoms with Crippen LogP contribution in [0.2, 0.25) is 0 Å². The van der Waals surface area contributed by atoms with E-state index >= 15 is 0 Å². The van der Waals surface area contributed by atoms with Gasteiger partial charge in [0.1, 0.15) is 0 Å². The normalized spacial score (nSPS) is 15.4. The molecular weight excluding hydrogens is 208 g/mol. The van der Waals surface area contributed by atoms with Crippen molar-refractivity contribution in [2.24, 2.45) is 0 Å². The van der Waals surface area contributed by atoms with Gasteiger partial charge < -0.3 is 10.2 Å². The minimum Gasteiger partial charge on any atom is -0.314 e. The van der Waals surface area contributed by atoms with E-state index in [-0.39, 0.29) is 0 Å². The van der Waals surface area contributed by atoms with E-state index in [9.17, 15) is 0 Å². The minimum atomic E-state index is 0.858. The molecule has 0 saturated heterocycles. The molecule has 1 aromatic rings. The first-order valence-corrected chi connectivity index (χ1v) is 6.80. The standard InChI is InChI=1S/C15H24N2/c1-17(13-14-7-3-2-4-8-14)12-6-5-11-16-15-9-10-15/h2-4,7-8,15-16H,5-6,9-13H2,1H3. The van der Waals surface area contributed by atoms with Crippen molar-refractivity contribution >= 4 is 0 Å². The van der Waals surface area contributed by atoms with Crippen molar-refractivity contribution in [1.29, 1.82) is 0 Å². The molecule has 1 saturated carbocycles. The molecule has 94 valence electrons.